The van der Waals surface area contributed by atoms with Crippen LogP contribution >= 0.6 is 0 Å². The number of ether oxygens (including phenoxy) is 1. The fourth-order valence-electron chi connectivity index (χ4n) is 3.33. The molecule has 4 nitrogen and oxygen atoms in total. The van der Waals surface area contributed by atoms with E-state index in [1.165, 1.54) is 32.1 Å². The van der Waals surface area contributed by atoms with E-state index in [1.807, 2.05) is 6.92 Å². The molecule has 1 saturated carbocycles. The zero-order chi connectivity index (χ0) is 13.0. The maximum atomic E-state index is 11.9. The van der Waals surface area contributed by atoms with E-state index < -0.39 is 0 Å². The first kappa shape index (κ1) is 13.8. The second-order valence-corrected chi connectivity index (χ2v) is 5.72. The van der Waals surface area contributed by atoms with Crippen LogP contribution in [0.4, 0.5) is 0 Å². The maximum absolute atomic E-state index is 11.9. The Labute approximate surface area is 110 Å². The summed E-state index contributed by atoms with van der Waals surface area (Å²) >= 11 is 0. The van der Waals surface area contributed by atoms with E-state index in [1.54, 1.807) is 0 Å². The van der Waals surface area contributed by atoms with E-state index in [2.05, 4.69) is 4.90 Å². The highest BCUT2D eigenvalue weighted by Gasteiger charge is 2.37. The van der Waals surface area contributed by atoms with Crippen molar-refractivity contribution in [2.75, 3.05) is 19.7 Å². The third-order valence-corrected chi connectivity index (χ3v) is 4.21. The van der Waals surface area contributed by atoms with Crippen LogP contribution < -0.4 is 5.73 Å². The summed E-state index contributed by atoms with van der Waals surface area (Å²) in [6.07, 6.45) is 7.43. The second-order valence-electron chi connectivity index (χ2n) is 5.72. The van der Waals surface area contributed by atoms with Gasteiger partial charge in [0.1, 0.15) is 6.04 Å². The van der Waals surface area contributed by atoms with Gasteiger partial charge in [0.15, 0.2) is 0 Å². The number of rotatable bonds is 4. The monoisotopic (exact) mass is 254 g/mol. The van der Waals surface area contributed by atoms with E-state index in [0.29, 0.717) is 6.61 Å². The SMILES string of the molecule is CCOC(=O)[C@@H]1C[C@H](N)CN1CC1CCCCC1. The van der Waals surface area contributed by atoms with Gasteiger partial charge >= 0.3 is 5.97 Å². The molecule has 2 N–H and O–H groups in total. The molecule has 2 atom stereocenters. The number of nitrogens with zero attached hydrogens (tertiary/aromatic N) is 1. The van der Waals surface area contributed by atoms with Crippen molar-refractivity contribution in [3.63, 3.8) is 0 Å². The average molecular weight is 254 g/mol. The maximum Gasteiger partial charge on any atom is 0.323 e. The highest BCUT2D eigenvalue weighted by Crippen LogP contribution is 2.27. The lowest BCUT2D eigenvalue weighted by molar-refractivity contribution is -0.148. The molecule has 2 fully saturated rings. The number of carbonyl (C=O) groups excluding carboxylic acids is 1. The number of hydrogen-bond acceptors (Lipinski definition) is 4. The van der Waals surface area contributed by atoms with Gasteiger partial charge < -0.3 is 10.5 Å². The third-order valence-electron chi connectivity index (χ3n) is 4.21. The van der Waals surface area contributed by atoms with Crippen molar-refractivity contribution in [2.45, 2.75) is 57.5 Å². The van der Waals surface area contributed by atoms with Gasteiger partial charge in [-0.1, -0.05) is 19.3 Å². The lowest BCUT2D eigenvalue weighted by Crippen LogP contribution is -2.40. The quantitative estimate of drug-likeness (QED) is 0.773. The molecule has 0 unspecified atom stereocenters. The van der Waals surface area contributed by atoms with Crippen molar-refractivity contribution in [1.82, 2.24) is 4.90 Å². The lowest BCUT2D eigenvalue weighted by atomic mass is 9.89. The molecule has 4 heteroatoms. The molecule has 2 rings (SSSR count). The smallest absolute Gasteiger partial charge is 0.323 e. The summed E-state index contributed by atoms with van der Waals surface area (Å²) in [7, 11) is 0. The molecule has 1 aliphatic carbocycles. The molecule has 18 heavy (non-hydrogen) atoms. The second kappa shape index (κ2) is 6.53. The lowest BCUT2D eigenvalue weighted by Gasteiger charge is -2.29. The van der Waals surface area contributed by atoms with Crippen molar-refractivity contribution in [3.05, 3.63) is 0 Å². The van der Waals surface area contributed by atoms with E-state index in [4.69, 9.17) is 10.5 Å². The van der Waals surface area contributed by atoms with Crippen LogP contribution in [0.15, 0.2) is 0 Å². The molecule has 0 spiro atoms. The minimum absolute atomic E-state index is 0.0822. The van der Waals surface area contributed by atoms with Crippen molar-refractivity contribution >= 4 is 5.97 Å². The Kier molecular flexibility index (Phi) is 5.01. The van der Waals surface area contributed by atoms with Crippen LogP contribution in [0.2, 0.25) is 0 Å². The van der Waals surface area contributed by atoms with Crippen molar-refractivity contribution < 1.29 is 9.53 Å². The summed E-state index contributed by atoms with van der Waals surface area (Å²) in [5.41, 5.74) is 6.01. The number of likely N-dealkylation sites (tertiary alicyclic amines) is 1. The number of esters is 1. The van der Waals surface area contributed by atoms with E-state index >= 15 is 0 Å². The van der Waals surface area contributed by atoms with Gasteiger partial charge in [0.25, 0.3) is 0 Å². The predicted octanol–water partition coefficient (Wildman–Crippen LogP) is 1.53. The molecule has 0 aromatic heterocycles. The molecule has 0 aromatic rings. The normalized spacial score (nSPS) is 30.6. The predicted molar refractivity (Wildman–Crippen MR) is 71.2 cm³/mol. The molecule has 0 amide bonds. The van der Waals surface area contributed by atoms with Gasteiger partial charge in [-0.05, 0) is 32.1 Å². The van der Waals surface area contributed by atoms with Crippen LogP contribution in [-0.2, 0) is 9.53 Å². The van der Waals surface area contributed by atoms with E-state index in [0.717, 1.165) is 25.4 Å². The fourth-order valence-corrected chi connectivity index (χ4v) is 3.33. The Morgan fingerprint density at radius 3 is 2.72 bits per heavy atom. The van der Waals surface area contributed by atoms with Gasteiger partial charge in [0.2, 0.25) is 0 Å². The summed E-state index contributed by atoms with van der Waals surface area (Å²) < 4.78 is 5.16. The molecule has 0 radical (unpaired) electrons. The van der Waals surface area contributed by atoms with Gasteiger partial charge in [-0.2, -0.15) is 0 Å². The first-order valence-electron chi connectivity index (χ1n) is 7.37. The third kappa shape index (κ3) is 3.45. The van der Waals surface area contributed by atoms with Crippen LogP contribution in [0, 0.1) is 5.92 Å². The molecule has 0 bridgehead atoms. The zero-order valence-electron chi connectivity index (χ0n) is 11.4. The Morgan fingerprint density at radius 1 is 1.33 bits per heavy atom. The molecule has 1 aliphatic heterocycles. The van der Waals surface area contributed by atoms with Gasteiger partial charge in [-0.25, -0.2) is 0 Å². The van der Waals surface area contributed by atoms with Crippen molar-refractivity contribution in [1.29, 1.82) is 0 Å². The molecule has 1 saturated heterocycles. The Balaban J connectivity index is 1.89. The summed E-state index contributed by atoms with van der Waals surface area (Å²) in [6.45, 7) is 4.19. The molecule has 1 heterocycles. The molecular weight excluding hydrogens is 228 g/mol. The fraction of sp³-hybridized carbons (Fsp3) is 0.929. The number of nitrogens with two attached hydrogens (primary N) is 1. The topological polar surface area (TPSA) is 55.6 Å². The average Bonchev–Trinajstić information content (AvgIpc) is 2.72. The van der Waals surface area contributed by atoms with E-state index in [9.17, 15) is 4.79 Å². The largest absolute Gasteiger partial charge is 0.465 e. The number of carbonyl (C=O) groups is 1. The van der Waals surface area contributed by atoms with Gasteiger partial charge in [-0.15, -0.1) is 0 Å². The van der Waals surface area contributed by atoms with Crippen molar-refractivity contribution in [3.8, 4) is 0 Å². The first-order chi connectivity index (χ1) is 8.70. The first-order valence-corrected chi connectivity index (χ1v) is 7.37. The summed E-state index contributed by atoms with van der Waals surface area (Å²) in [4.78, 5) is 14.2. The van der Waals surface area contributed by atoms with Gasteiger partial charge in [0, 0.05) is 19.1 Å². The zero-order valence-corrected chi connectivity index (χ0v) is 11.4. The highest BCUT2D eigenvalue weighted by molar-refractivity contribution is 5.76. The van der Waals surface area contributed by atoms with Gasteiger partial charge in [0.05, 0.1) is 6.61 Å². The molecule has 2 aliphatic rings. The minimum Gasteiger partial charge on any atom is -0.465 e. The summed E-state index contributed by atoms with van der Waals surface area (Å²) in [5, 5.41) is 0. The Morgan fingerprint density at radius 2 is 2.06 bits per heavy atom. The Bertz CT molecular complexity index is 277. The van der Waals surface area contributed by atoms with Crippen LogP contribution in [0.5, 0.6) is 0 Å². The molecule has 104 valence electrons. The number of hydrogen-bond donors (Lipinski definition) is 1. The van der Waals surface area contributed by atoms with Crippen LogP contribution in [0.25, 0.3) is 0 Å². The van der Waals surface area contributed by atoms with Crippen molar-refractivity contribution in [2.24, 2.45) is 11.7 Å². The van der Waals surface area contributed by atoms with Crippen LogP contribution in [0.1, 0.15) is 45.4 Å². The minimum atomic E-state index is -0.0955. The van der Waals surface area contributed by atoms with E-state index in [-0.39, 0.29) is 18.1 Å². The van der Waals surface area contributed by atoms with Gasteiger partial charge in [-0.3, -0.25) is 9.69 Å². The van der Waals surface area contributed by atoms with Crippen LogP contribution in [-0.4, -0.2) is 42.6 Å². The standard InChI is InChI=1S/C14H26N2O2/c1-2-18-14(17)13-8-12(15)10-16(13)9-11-6-4-3-5-7-11/h11-13H,2-10,15H2,1H3/t12-,13-/m0/s1. The van der Waals surface area contributed by atoms with Crippen LogP contribution in [0.3, 0.4) is 0 Å². The Hall–Kier alpha value is -0.610. The summed E-state index contributed by atoms with van der Waals surface area (Å²) in [6, 6.07) is 0.0323. The highest BCUT2D eigenvalue weighted by atomic mass is 16.5. The molecular formula is C14H26N2O2. The molecule has 0 aromatic carbocycles. The summed E-state index contributed by atoms with van der Waals surface area (Å²) in [5.74, 6) is 0.669.